The largest absolute Gasteiger partial charge is 0.314 e. The predicted octanol–water partition coefficient (Wildman–Crippen LogP) is 2.15. The molecule has 0 saturated heterocycles. The van der Waals surface area contributed by atoms with Gasteiger partial charge in [0.05, 0.1) is 0 Å². The van der Waals surface area contributed by atoms with Crippen molar-refractivity contribution in [3.8, 4) is 0 Å². The molecule has 0 spiro atoms. The highest BCUT2D eigenvalue weighted by molar-refractivity contribution is 5.24. The van der Waals surface area contributed by atoms with Gasteiger partial charge in [-0.2, -0.15) is 17.6 Å². The van der Waals surface area contributed by atoms with E-state index in [1.165, 1.54) is 6.92 Å². The third-order valence-electron chi connectivity index (χ3n) is 2.66. The summed E-state index contributed by atoms with van der Waals surface area (Å²) in [6.45, 7) is 1.45. The summed E-state index contributed by atoms with van der Waals surface area (Å²) >= 11 is 0. The quantitative estimate of drug-likeness (QED) is 0.469. The summed E-state index contributed by atoms with van der Waals surface area (Å²) in [6, 6.07) is 0. The highest BCUT2D eigenvalue weighted by Gasteiger charge is 2.90. The fraction of sp³-hybridized carbons (Fsp3) is 1.00. The van der Waals surface area contributed by atoms with E-state index in [2.05, 4.69) is 0 Å². The molecule has 3 atom stereocenters. The van der Waals surface area contributed by atoms with Crippen molar-refractivity contribution in [1.29, 1.82) is 0 Å². The number of alkyl halides is 4. The van der Waals surface area contributed by atoms with E-state index >= 15 is 0 Å². The molecule has 0 N–H and O–H groups in total. The van der Waals surface area contributed by atoms with Crippen LogP contribution in [0.1, 0.15) is 6.92 Å². The second-order valence-corrected chi connectivity index (χ2v) is 3.16. The maximum absolute atomic E-state index is 12.3. The first-order valence-corrected chi connectivity index (χ1v) is 3.16. The zero-order valence-corrected chi connectivity index (χ0v) is 5.24. The third kappa shape index (κ3) is 0.369. The van der Waals surface area contributed by atoms with E-state index in [0.717, 1.165) is 0 Å². The lowest BCUT2D eigenvalue weighted by atomic mass is 9.90. The molecule has 2 fully saturated rings. The Bertz CT molecular complexity index is 166. The predicted molar refractivity (Wildman–Crippen MR) is 26.0 cm³/mol. The molecule has 0 radical (unpaired) electrons. The molecule has 58 valence electrons. The van der Waals surface area contributed by atoms with Crippen LogP contribution in [0.5, 0.6) is 0 Å². The second kappa shape index (κ2) is 1.21. The van der Waals surface area contributed by atoms with Gasteiger partial charge in [0, 0.05) is 11.8 Å². The van der Waals surface area contributed by atoms with Crippen molar-refractivity contribution in [2.45, 2.75) is 18.8 Å². The molecule has 0 aromatic heterocycles. The molecule has 0 nitrogen and oxygen atoms in total. The minimum absolute atomic E-state index is 0.481. The lowest BCUT2D eigenvalue weighted by Crippen LogP contribution is -2.53. The van der Waals surface area contributed by atoms with E-state index in [4.69, 9.17) is 0 Å². The van der Waals surface area contributed by atoms with Crippen molar-refractivity contribution in [3.63, 3.8) is 0 Å². The van der Waals surface area contributed by atoms with Crippen LogP contribution in [0.25, 0.3) is 0 Å². The molecule has 4 heteroatoms. The molecule has 2 aliphatic carbocycles. The molecular formula is C6H6F4. The molecule has 2 aliphatic rings. The van der Waals surface area contributed by atoms with Crippen LogP contribution in [0.15, 0.2) is 0 Å². The molecule has 0 amide bonds. The highest BCUT2D eigenvalue weighted by Crippen LogP contribution is 2.76. The smallest absolute Gasteiger partial charge is 0.200 e. The van der Waals surface area contributed by atoms with Crippen LogP contribution in [0.3, 0.4) is 0 Å². The average molecular weight is 154 g/mol. The van der Waals surface area contributed by atoms with Crippen molar-refractivity contribution < 1.29 is 17.6 Å². The summed E-state index contributed by atoms with van der Waals surface area (Å²) in [4.78, 5) is 0. The van der Waals surface area contributed by atoms with Gasteiger partial charge in [0.15, 0.2) is 0 Å². The number of hydrogen-bond acceptors (Lipinski definition) is 0. The van der Waals surface area contributed by atoms with Crippen molar-refractivity contribution in [1.82, 2.24) is 0 Å². The second-order valence-electron chi connectivity index (χ2n) is 3.16. The van der Waals surface area contributed by atoms with Crippen molar-refractivity contribution >= 4 is 0 Å². The van der Waals surface area contributed by atoms with E-state index in [1.807, 2.05) is 0 Å². The van der Waals surface area contributed by atoms with Crippen molar-refractivity contribution in [3.05, 3.63) is 0 Å². The molecule has 10 heavy (non-hydrogen) atoms. The van der Waals surface area contributed by atoms with Gasteiger partial charge >= 0.3 is 11.8 Å². The summed E-state index contributed by atoms with van der Waals surface area (Å²) < 4.78 is 49.0. The van der Waals surface area contributed by atoms with Gasteiger partial charge in [-0.1, -0.05) is 6.92 Å². The van der Waals surface area contributed by atoms with Crippen molar-refractivity contribution in [2.24, 2.45) is 17.8 Å². The SMILES string of the molecule is CC1[C@@H]2[C@H]1C(F)(F)C2(F)F. The lowest BCUT2D eigenvalue weighted by Gasteiger charge is -2.34. The van der Waals surface area contributed by atoms with E-state index in [-0.39, 0.29) is 0 Å². The highest BCUT2D eigenvalue weighted by atomic mass is 19.3. The van der Waals surface area contributed by atoms with Gasteiger partial charge in [-0.05, 0) is 5.92 Å². The number of fused-ring (bicyclic) bond motifs is 1. The number of hydrogen-bond donors (Lipinski definition) is 0. The topological polar surface area (TPSA) is 0 Å². The van der Waals surface area contributed by atoms with Crippen LogP contribution in [-0.2, 0) is 0 Å². The Balaban J connectivity index is 2.28. The van der Waals surface area contributed by atoms with E-state index in [9.17, 15) is 17.6 Å². The van der Waals surface area contributed by atoms with Crippen LogP contribution in [0.4, 0.5) is 17.6 Å². The van der Waals surface area contributed by atoms with E-state index < -0.39 is 29.6 Å². The molecule has 2 saturated carbocycles. The van der Waals surface area contributed by atoms with E-state index in [0.29, 0.717) is 0 Å². The Morgan fingerprint density at radius 3 is 1.30 bits per heavy atom. The van der Waals surface area contributed by atoms with Crippen LogP contribution >= 0.6 is 0 Å². The number of halogens is 4. The molecular weight excluding hydrogens is 148 g/mol. The Morgan fingerprint density at radius 1 is 0.900 bits per heavy atom. The van der Waals surface area contributed by atoms with Gasteiger partial charge in [-0.25, -0.2) is 0 Å². The Morgan fingerprint density at radius 2 is 1.20 bits per heavy atom. The molecule has 1 unspecified atom stereocenters. The van der Waals surface area contributed by atoms with Gasteiger partial charge in [0.1, 0.15) is 0 Å². The molecule has 0 heterocycles. The fourth-order valence-electron chi connectivity index (χ4n) is 1.92. The minimum atomic E-state index is -3.71. The zero-order chi connectivity index (χ0) is 7.73. The Labute approximate surface area is 55.2 Å². The number of rotatable bonds is 0. The maximum atomic E-state index is 12.3. The summed E-state index contributed by atoms with van der Waals surface area (Å²) in [5, 5.41) is 0. The van der Waals surface area contributed by atoms with Crippen LogP contribution in [0.2, 0.25) is 0 Å². The Kier molecular flexibility index (Phi) is 0.779. The monoisotopic (exact) mass is 154 g/mol. The van der Waals surface area contributed by atoms with Gasteiger partial charge in [-0.15, -0.1) is 0 Å². The fourth-order valence-corrected chi connectivity index (χ4v) is 1.92. The summed E-state index contributed by atoms with van der Waals surface area (Å²) in [5.41, 5.74) is 0. The normalized spacial score (nSPS) is 53.1. The summed E-state index contributed by atoms with van der Waals surface area (Å²) in [5.74, 6) is -9.95. The average Bonchev–Trinajstić information content (AvgIpc) is 2.40. The molecule has 0 bridgehead atoms. The molecule has 2 rings (SSSR count). The third-order valence-corrected chi connectivity index (χ3v) is 2.66. The summed E-state index contributed by atoms with van der Waals surface area (Å²) in [7, 11) is 0. The standard InChI is InChI=1S/C6H6F4/c1-2-3-4(2)6(9,10)5(3,7)8/h2-4H,1H3/t2?,3-,4+. The van der Waals surface area contributed by atoms with Gasteiger partial charge in [0.2, 0.25) is 0 Å². The first kappa shape index (κ1) is 6.43. The zero-order valence-electron chi connectivity index (χ0n) is 5.24. The minimum Gasteiger partial charge on any atom is -0.200 e. The first-order valence-electron chi connectivity index (χ1n) is 3.16. The van der Waals surface area contributed by atoms with Crippen molar-refractivity contribution in [2.75, 3.05) is 0 Å². The van der Waals surface area contributed by atoms with Crippen LogP contribution in [0, 0.1) is 17.8 Å². The van der Waals surface area contributed by atoms with E-state index in [1.54, 1.807) is 0 Å². The molecule has 0 aromatic carbocycles. The van der Waals surface area contributed by atoms with Gasteiger partial charge < -0.3 is 0 Å². The summed E-state index contributed by atoms with van der Waals surface area (Å²) in [6.07, 6.45) is 0. The van der Waals surface area contributed by atoms with Crippen LogP contribution in [-0.4, -0.2) is 11.8 Å². The van der Waals surface area contributed by atoms with Gasteiger partial charge in [0.25, 0.3) is 0 Å². The molecule has 0 aliphatic heterocycles. The lowest BCUT2D eigenvalue weighted by molar-refractivity contribution is -0.285. The maximum Gasteiger partial charge on any atom is 0.314 e. The first-order chi connectivity index (χ1) is 4.40. The van der Waals surface area contributed by atoms with Gasteiger partial charge in [-0.3, -0.25) is 0 Å². The van der Waals surface area contributed by atoms with Crippen LogP contribution < -0.4 is 0 Å². The molecule has 0 aromatic rings. The Hall–Kier alpha value is -0.280.